The van der Waals surface area contributed by atoms with E-state index in [1.54, 1.807) is 24.3 Å². The summed E-state index contributed by atoms with van der Waals surface area (Å²) >= 11 is 6.15. The van der Waals surface area contributed by atoms with Crippen molar-refractivity contribution >= 4 is 35.0 Å². The second-order valence-electron chi connectivity index (χ2n) is 10.5. The van der Waals surface area contributed by atoms with Gasteiger partial charge in [0, 0.05) is 29.0 Å². The summed E-state index contributed by atoms with van der Waals surface area (Å²) in [5, 5.41) is 3.39. The zero-order chi connectivity index (χ0) is 26.7. The molecule has 5 nitrogen and oxygen atoms in total. The molecule has 1 N–H and O–H groups in total. The smallest absolute Gasteiger partial charge is 0.248 e. The summed E-state index contributed by atoms with van der Waals surface area (Å²) in [6.07, 6.45) is 0.222. The highest BCUT2D eigenvalue weighted by atomic mass is 35.5. The maximum atomic E-state index is 14.3. The van der Waals surface area contributed by atoms with Crippen molar-refractivity contribution in [3.63, 3.8) is 0 Å². The van der Waals surface area contributed by atoms with Gasteiger partial charge in [0.25, 0.3) is 0 Å². The number of halogens is 1. The molecule has 4 aromatic carbocycles. The number of hydrogen-bond donors (Lipinski definition) is 1. The zero-order valence-corrected chi connectivity index (χ0v) is 21.7. The number of anilines is 1. The summed E-state index contributed by atoms with van der Waals surface area (Å²) in [7, 11) is 0. The monoisotopic (exact) mass is 532 g/mol. The van der Waals surface area contributed by atoms with E-state index in [1.807, 2.05) is 54.6 Å². The number of benzene rings is 4. The second-order valence-corrected chi connectivity index (χ2v) is 11.0. The predicted molar refractivity (Wildman–Crippen MR) is 149 cm³/mol. The largest absolute Gasteiger partial charge is 0.324 e. The standard InChI is InChI=1S/C33H25ClN2O3/c34-20-11-8-12-21(18-20)35-31(37)26(17-19-9-2-1-3-10-19)36-32(38)29-27-22-13-4-5-14-23(22)28(30(29)33(36)39)25-16-7-6-15-24(25)27/h1-16,18,26-30H,17H2,(H,35,37)/t26-,27?,28?,29-,30+/m1/s1. The number of imide groups is 1. The normalized spacial score (nSPS) is 23.2. The molecule has 2 bridgehead atoms. The number of carbonyl (C=O) groups is 3. The van der Waals surface area contributed by atoms with Crippen LogP contribution in [0.15, 0.2) is 103 Å². The van der Waals surface area contributed by atoms with Gasteiger partial charge in [-0.3, -0.25) is 19.3 Å². The molecule has 0 saturated carbocycles. The number of nitrogens with zero attached hydrogens (tertiary/aromatic N) is 1. The van der Waals surface area contributed by atoms with Crippen LogP contribution in [-0.4, -0.2) is 28.7 Å². The summed E-state index contributed by atoms with van der Waals surface area (Å²) in [6.45, 7) is 0. The van der Waals surface area contributed by atoms with Crippen LogP contribution in [0.25, 0.3) is 0 Å². The van der Waals surface area contributed by atoms with E-state index in [9.17, 15) is 14.4 Å². The van der Waals surface area contributed by atoms with Crippen LogP contribution in [0.2, 0.25) is 5.02 Å². The lowest BCUT2D eigenvalue weighted by molar-refractivity contribution is -0.146. The Balaban J connectivity index is 1.31. The van der Waals surface area contributed by atoms with Crippen molar-refractivity contribution in [3.05, 3.63) is 136 Å². The van der Waals surface area contributed by atoms with E-state index in [0.717, 1.165) is 27.8 Å². The number of hydrogen-bond acceptors (Lipinski definition) is 3. The Morgan fingerprint density at radius 2 is 1.23 bits per heavy atom. The molecule has 8 rings (SSSR count). The van der Waals surface area contributed by atoms with Gasteiger partial charge in [0.1, 0.15) is 6.04 Å². The number of amides is 3. The van der Waals surface area contributed by atoms with Crippen molar-refractivity contribution in [1.82, 2.24) is 4.90 Å². The van der Waals surface area contributed by atoms with Gasteiger partial charge >= 0.3 is 0 Å². The first-order chi connectivity index (χ1) is 19.0. The van der Waals surface area contributed by atoms with Crippen molar-refractivity contribution in [1.29, 1.82) is 0 Å². The average Bonchev–Trinajstić information content (AvgIpc) is 3.22. The molecule has 1 heterocycles. The molecule has 6 heteroatoms. The molecule has 0 radical (unpaired) electrons. The highest BCUT2D eigenvalue weighted by Gasteiger charge is 2.63. The lowest BCUT2D eigenvalue weighted by atomic mass is 9.55. The van der Waals surface area contributed by atoms with Crippen molar-refractivity contribution < 1.29 is 14.4 Å². The van der Waals surface area contributed by atoms with Crippen LogP contribution >= 0.6 is 11.6 Å². The molecule has 4 aromatic rings. The van der Waals surface area contributed by atoms with Crippen molar-refractivity contribution in [2.24, 2.45) is 11.8 Å². The third kappa shape index (κ3) is 3.72. The lowest BCUT2D eigenvalue weighted by Gasteiger charge is -2.45. The van der Waals surface area contributed by atoms with E-state index >= 15 is 0 Å². The Morgan fingerprint density at radius 1 is 0.718 bits per heavy atom. The van der Waals surface area contributed by atoms with Crippen molar-refractivity contribution in [2.75, 3.05) is 5.32 Å². The summed E-state index contributed by atoms with van der Waals surface area (Å²) < 4.78 is 0. The molecular weight excluding hydrogens is 508 g/mol. The van der Waals surface area contributed by atoms with E-state index in [-0.39, 0.29) is 30.1 Å². The molecular formula is C33H25ClN2O3. The van der Waals surface area contributed by atoms with Gasteiger partial charge in [-0.15, -0.1) is 0 Å². The van der Waals surface area contributed by atoms with Crippen LogP contribution in [-0.2, 0) is 20.8 Å². The van der Waals surface area contributed by atoms with Crippen LogP contribution in [0, 0.1) is 11.8 Å². The van der Waals surface area contributed by atoms with Crippen molar-refractivity contribution in [2.45, 2.75) is 24.3 Å². The molecule has 3 atom stereocenters. The van der Waals surface area contributed by atoms with Gasteiger partial charge in [0.05, 0.1) is 11.8 Å². The Hall–Kier alpha value is -4.22. The molecule has 0 unspecified atom stereocenters. The number of likely N-dealkylation sites (tertiary alicyclic amines) is 1. The van der Waals surface area contributed by atoms with Crippen LogP contribution in [0.4, 0.5) is 5.69 Å². The van der Waals surface area contributed by atoms with Gasteiger partial charge in [-0.2, -0.15) is 0 Å². The molecule has 0 spiro atoms. The molecule has 3 aliphatic carbocycles. The summed E-state index contributed by atoms with van der Waals surface area (Å²) in [5.41, 5.74) is 5.81. The SMILES string of the molecule is O=C(Nc1cccc(Cl)c1)[C@@H](Cc1ccccc1)N1C(=O)[C@@H]2C3c4ccccc4C(c4ccccc43)[C@@H]2C1=O. The Bertz CT molecular complexity index is 1520. The minimum atomic E-state index is -0.998. The average molecular weight is 533 g/mol. The molecule has 3 amide bonds. The van der Waals surface area contributed by atoms with Gasteiger partial charge < -0.3 is 5.32 Å². The van der Waals surface area contributed by atoms with Crippen LogP contribution < -0.4 is 5.32 Å². The fraction of sp³-hybridized carbons (Fsp3) is 0.182. The highest BCUT2D eigenvalue weighted by Crippen LogP contribution is 2.61. The quantitative estimate of drug-likeness (QED) is 0.331. The lowest BCUT2D eigenvalue weighted by Crippen LogP contribution is -2.49. The number of nitrogens with one attached hydrogen (secondary N) is 1. The molecule has 1 aliphatic heterocycles. The Kier molecular flexibility index (Phi) is 5.64. The summed E-state index contributed by atoms with van der Waals surface area (Å²) in [4.78, 5) is 43.7. The van der Waals surface area contributed by atoms with Crippen LogP contribution in [0.3, 0.4) is 0 Å². The number of carbonyl (C=O) groups excluding carboxylic acids is 3. The predicted octanol–water partition coefficient (Wildman–Crippen LogP) is 5.78. The van der Waals surface area contributed by atoms with Gasteiger partial charge in [0.15, 0.2) is 0 Å². The van der Waals surface area contributed by atoms with E-state index in [4.69, 9.17) is 11.6 Å². The molecule has 0 aromatic heterocycles. The Morgan fingerprint density at radius 3 is 1.74 bits per heavy atom. The van der Waals surface area contributed by atoms with Gasteiger partial charge in [-0.05, 0) is 46.0 Å². The van der Waals surface area contributed by atoms with Gasteiger partial charge in [-0.25, -0.2) is 0 Å². The first kappa shape index (κ1) is 23.9. The van der Waals surface area contributed by atoms with E-state index in [0.29, 0.717) is 10.7 Å². The maximum absolute atomic E-state index is 14.3. The summed E-state index contributed by atoms with van der Waals surface area (Å²) in [6, 6.07) is 31.6. The molecule has 1 fully saturated rings. The molecule has 39 heavy (non-hydrogen) atoms. The zero-order valence-electron chi connectivity index (χ0n) is 21.0. The summed E-state index contributed by atoms with van der Waals surface area (Å²) in [5.74, 6) is -2.47. The van der Waals surface area contributed by atoms with E-state index in [1.165, 1.54) is 4.90 Å². The fourth-order valence-electron chi connectivity index (χ4n) is 6.94. The fourth-order valence-corrected chi connectivity index (χ4v) is 7.13. The van der Waals surface area contributed by atoms with Crippen LogP contribution in [0.5, 0.6) is 0 Å². The van der Waals surface area contributed by atoms with E-state index < -0.39 is 23.8 Å². The number of rotatable bonds is 5. The minimum absolute atomic E-state index is 0.220. The van der Waals surface area contributed by atoms with Crippen LogP contribution in [0.1, 0.15) is 39.7 Å². The maximum Gasteiger partial charge on any atom is 0.248 e. The van der Waals surface area contributed by atoms with E-state index in [2.05, 4.69) is 29.6 Å². The highest BCUT2D eigenvalue weighted by molar-refractivity contribution is 6.31. The minimum Gasteiger partial charge on any atom is -0.324 e. The molecule has 4 aliphatic rings. The topological polar surface area (TPSA) is 66.5 Å². The first-order valence-corrected chi connectivity index (χ1v) is 13.6. The third-order valence-electron chi connectivity index (χ3n) is 8.46. The molecule has 192 valence electrons. The van der Waals surface area contributed by atoms with Crippen molar-refractivity contribution in [3.8, 4) is 0 Å². The third-order valence-corrected chi connectivity index (χ3v) is 8.70. The molecule has 1 saturated heterocycles. The Labute approximate surface area is 231 Å². The van der Waals surface area contributed by atoms with Gasteiger partial charge in [0.2, 0.25) is 17.7 Å². The second kappa shape index (κ2) is 9.21. The van der Waals surface area contributed by atoms with Gasteiger partial charge in [-0.1, -0.05) is 96.5 Å². The first-order valence-electron chi connectivity index (χ1n) is 13.2.